The van der Waals surface area contributed by atoms with E-state index in [0.717, 1.165) is 12.8 Å². The van der Waals surface area contributed by atoms with E-state index in [1.54, 1.807) is 5.57 Å². The van der Waals surface area contributed by atoms with Crippen molar-refractivity contribution in [2.24, 2.45) is 5.92 Å². The minimum Gasteiger partial charge on any atom is -0.0729 e. The topological polar surface area (TPSA) is 0 Å². The summed E-state index contributed by atoms with van der Waals surface area (Å²) in [4.78, 5) is 0. The maximum atomic E-state index is 2.62. The molecule has 3 unspecified atom stereocenters. The van der Waals surface area contributed by atoms with E-state index in [-0.39, 0.29) is 5.41 Å². The quantitative estimate of drug-likeness (QED) is 0.347. The molecule has 3 atom stereocenters. The Balaban J connectivity index is 1.38. The van der Waals surface area contributed by atoms with Gasteiger partial charge in [0.1, 0.15) is 0 Å². The number of hydrogen-bond donors (Lipinski definition) is 0. The van der Waals surface area contributed by atoms with Crippen molar-refractivity contribution in [3.63, 3.8) is 0 Å². The molecular weight excluding hydrogens is 420 g/mol. The van der Waals surface area contributed by atoms with Gasteiger partial charge in [0.25, 0.3) is 0 Å². The maximum Gasteiger partial charge on any atom is 0.0246 e. The van der Waals surface area contributed by atoms with Crippen LogP contribution >= 0.6 is 0 Å². The SMILES string of the molecule is CCCC(C)(c1ccccc1)C1C=C(CCC2=c3ccccc3=C3C=CC=CC32)c2ccccc21. The Morgan fingerprint density at radius 2 is 1.51 bits per heavy atom. The molecule has 0 nitrogen and oxygen atoms in total. The molecule has 174 valence electrons. The minimum atomic E-state index is 0.0960. The van der Waals surface area contributed by atoms with Crippen molar-refractivity contribution in [2.75, 3.05) is 0 Å². The molecule has 0 amide bonds. The van der Waals surface area contributed by atoms with Gasteiger partial charge >= 0.3 is 0 Å². The van der Waals surface area contributed by atoms with Gasteiger partial charge < -0.3 is 0 Å². The first-order valence-electron chi connectivity index (χ1n) is 13.2. The Morgan fingerprint density at radius 1 is 0.771 bits per heavy atom. The summed E-state index contributed by atoms with van der Waals surface area (Å²) in [6, 6.07) is 29.3. The second-order valence-electron chi connectivity index (χ2n) is 10.5. The van der Waals surface area contributed by atoms with Crippen molar-refractivity contribution in [1.29, 1.82) is 0 Å². The van der Waals surface area contributed by atoms with Crippen LogP contribution in [-0.4, -0.2) is 0 Å². The maximum absolute atomic E-state index is 2.62. The number of fused-ring (bicyclic) bond motifs is 3. The van der Waals surface area contributed by atoms with Crippen LogP contribution in [0.4, 0.5) is 0 Å². The lowest BCUT2D eigenvalue weighted by atomic mass is 9.67. The average Bonchev–Trinajstić information content (AvgIpc) is 3.44. The Labute approximate surface area is 209 Å². The van der Waals surface area contributed by atoms with Gasteiger partial charge in [-0.05, 0) is 57.5 Å². The van der Waals surface area contributed by atoms with Crippen molar-refractivity contribution in [1.82, 2.24) is 0 Å². The Bertz CT molecular complexity index is 1460. The standard InChI is InChI=1S/C35H34/c1-3-23-35(2,26-13-5-4-6-14-26)34-24-25(27-15-7-12-20-33(27)34)21-22-32-30-18-10-8-16-28(30)29-17-9-11-19-31(29)32/h4-20,24,30,34H,3,21-23H2,1-2H3. The van der Waals surface area contributed by atoms with Crippen molar-refractivity contribution in [3.8, 4) is 0 Å². The summed E-state index contributed by atoms with van der Waals surface area (Å²) in [5.41, 5.74) is 9.10. The summed E-state index contributed by atoms with van der Waals surface area (Å²) >= 11 is 0. The first-order valence-corrected chi connectivity index (χ1v) is 13.2. The van der Waals surface area contributed by atoms with Crippen molar-refractivity contribution < 1.29 is 0 Å². The van der Waals surface area contributed by atoms with E-state index < -0.39 is 0 Å². The molecule has 0 bridgehead atoms. The summed E-state index contributed by atoms with van der Waals surface area (Å²) in [6.45, 7) is 4.80. The van der Waals surface area contributed by atoms with Gasteiger partial charge in [0.15, 0.2) is 0 Å². The van der Waals surface area contributed by atoms with Crippen LogP contribution in [0.3, 0.4) is 0 Å². The highest BCUT2D eigenvalue weighted by atomic mass is 14.4. The van der Waals surface area contributed by atoms with Crippen LogP contribution in [-0.2, 0) is 5.41 Å². The Morgan fingerprint density at radius 3 is 2.34 bits per heavy atom. The molecule has 0 spiro atoms. The van der Waals surface area contributed by atoms with E-state index >= 15 is 0 Å². The average molecular weight is 455 g/mol. The highest BCUT2D eigenvalue weighted by Crippen LogP contribution is 2.51. The molecule has 6 rings (SSSR count). The summed E-state index contributed by atoms with van der Waals surface area (Å²) < 4.78 is 0. The normalized spacial score (nSPS) is 21.4. The van der Waals surface area contributed by atoms with Crippen molar-refractivity contribution in [3.05, 3.63) is 136 Å². The largest absolute Gasteiger partial charge is 0.0729 e. The first-order chi connectivity index (χ1) is 17.2. The monoisotopic (exact) mass is 454 g/mol. The Hall–Kier alpha value is -3.38. The van der Waals surface area contributed by atoms with Crippen molar-refractivity contribution >= 4 is 16.7 Å². The van der Waals surface area contributed by atoms with Gasteiger partial charge in [-0.3, -0.25) is 0 Å². The third-order valence-electron chi connectivity index (χ3n) is 8.55. The van der Waals surface area contributed by atoms with E-state index in [1.807, 2.05) is 0 Å². The van der Waals surface area contributed by atoms with Gasteiger partial charge in [0.05, 0.1) is 0 Å². The molecule has 0 saturated heterocycles. The van der Waals surface area contributed by atoms with Crippen LogP contribution in [0.25, 0.3) is 16.7 Å². The number of allylic oxidation sites excluding steroid dienone is 6. The van der Waals surface area contributed by atoms with Crippen LogP contribution in [0, 0.1) is 5.92 Å². The second kappa shape index (κ2) is 9.00. The van der Waals surface area contributed by atoms with Gasteiger partial charge in [0, 0.05) is 17.3 Å². The highest BCUT2D eigenvalue weighted by molar-refractivity contribution is 5.82. The van der Waals surface area contributed by atoms with Gasteiger partial charge in [0.2, 0.25) is 0 Å². The fourth-order valence-electron chi connectivity index (χ4n) is 6.85. The number of benzene rings is 3. The summed E-state index contributed by atoms with van der Waals surface area (Å²) in [5, 5.41) is 2.87. The zero-order valence-electron chi connectivity index (χ0n) is 20.9. The van der Waals surface area contributed by atoms with Gasteiger partial charge in [-0.15, -0.1) is 0 Å². The molecule has 3 aromatic carbocycles. The van der Waals surface area contributed by atoms with Crippen LogP contribution in [0.2, 0.25) is 0 Å². The summed E-state index contributed by atoms with van der Waals surface area (Å²) in [5.74, 6) is 0.844. The van der Waals surface area contributed by atoms with E-state index in [1.165, 1.54) is 51.1 Å². The molecule has 3 aliphatic carbocycles. The zero-order chi connectivity index (χ0) is 23.8. The Kier molecular flexibility index (Phi) is 5.69. The molecule has 0 aromatic heterocycles. The van der Waals surface area contributed by atoms with E-state index in [4.69, 9.17) is 0 Å². The number of rotatable bonds is 7. The lowest BCUT2D eigenvalue weighted by Crippen LogP contribution is -2.28. The number of hydrogen-bond acceptors (Lipinski definition) is 0. The predicted molar refractivity (Wildman–Crippen MR) is 149 cm³/mol. The molecule has 0 heteroatoms. The zero-order valence-corrected chi connectivity index (χ0v) is 20.9. The van der Waals surface area contributed by atoms with Gasteiger partial charge in [-0.2, -0.15) is 0 Å². The van der Waals surface area contributed by atoms with Crippen LogP contribution in [0.5, 0.6) is 0 Å². The molecule has 0 saturated carbocycles. The van der Waals surface area contributed by atoms with Gasteiger partial charge in [-0.25, -0.2) is 0 Å². The molecular formula is C35H34. The van der Waals surface area contributed by atoms with E-state index in [9.17, 15) is 0 Å². The van der Waals surface area contributed by atoms with Crippen LogP contribution < -0.4 is 10.4 Å². The van der Waals surface area contributed by atoms with Crippen LogP contribution in [0.15, 0.2) is 109 Å². The first kappa shape index (κ1) is 22.1. The van der Waals surface area contributed by atoms with E-state index in [0.29, 0.717) is 11.8 Å². The molecule has 0 radical (unpaired) electrons. The summed E-state index contributed by atoms with van der Waals surface area (Å²) in [7, 11) is 0. The molecule has 0 heterocycles. The molecule has 3 aromatic rings. The fraction of sp³-hybridized carbons (Fsp3) is 0.257. The lowest BCUT2D eigenvalue weighted by Gasteiger charge is -2.36. The highest BCUT2D eigenvalue weighted by Gasteiger charge is 2.39. The van der Waals surface area contributed by atoms with Gasteiger partial charge in [-0.1, -0.05) is 135 Å². The second-order valence-corrected chi connectivity index (χ2v) is 10.5. The third-order valence-corrected chi connectivity index (χ3v) is 8.55. The molecule has 0 N–H and O–H groups in total. The fourth-order valence-corrected chi connectivity index (χ4v) is 6.85. The summed E-state index contributed by atoms with van der Waals surface area (Å²) in [6.07, 6.45) is 16.3. The predicted octanol–water partition coefficient (Wildman–Crippen LogP) is 7.46. The molecule has 3 aliphatic rings. The molecule has 0 fully saturated rings. The molecule has 0 aliphatic heterocycles. The smallest absolute Gasteiger partial charge is 0.0246 e. The van der Waals surface area contributed by atoms with Crippen LogP contribution in [0.1, 0.15) is 62.1 Å². The van der Waals surface area contributed by atoms with E-state index in [2.05, 4.69) is 123 Å². The lowest BCUT2D eigenvalue weighted by molar-refractivity contribution is 0.389. The van der Waals surface area contributed by atoms with Crippen molar-refractivity contribution in [2.45, 2.75) is 50.9 Å². The molecule has 35 heavy (non-hydrogen) atoms. The third kappa shape index (κ3) is 3.67. The minimum absolute atomic E-state index is 0.0960.